The molecule has 1 aromatic rings. The zero-order valence-electron chi connectivity index (χ0n) is 7.02. The average Bonchev–Trinajstić information content (AvgIpc) is 2.04. The van der Waals surface area contributed by atoms with Crippen molar-refractivity contribution in [2.45, 2.75) is 24.7 Å². The van der Waals surface area contributed by atoms with E-state index in [9.17, 15) is 4.21 Å². The van der Waals surface area contributed by atoms with Crippen molar-refractivity contribution in [3.05, 3.63) is 24.0 Å². The molecule has 1 aromatic heterocycles. The van der Waals surface area contributed by atoms with Gasteiger partial charge in [0.2, 0.25) is 0 Å². The highest BCUT2D eigenvalue weighted by Gasteiger charge is 2.02. The van der Waals surface area contributed by atoms with E-state index < -0.39 is 11.1 Å². The van der Waals surface area contributed by atoms with Gasteiger partial charge in [-0.25, -0.2) is 4.21 Å². The Labute approximate surface area is 74.1 Å². The molecule has 0 saturated carbocycles. The van der Waals surface area contributed by atoms with Gasteiger partial charge in [0.15, 0.2) is 11.1 Å². The number of hydrogen-bond acceptors (Lipinski definition) is 2. The molecule has 0 saturated heterocycles. The van der Waals surface area contributed by atoms with Crippen LogP contribution in [0.2, 0.25) is 0 Å². The quantitative estimate of drug-likeness (QED) is 0.714. The smallest absolute Gasteiger partial charge is 0.188 e. The van der Waals surface area contributed by atoms with Crippen LogP contribution in [-0.2, 0) is 11.1 Å². The van der Waals surface area contributed by atoms with Crippen molar-refractivity contribution in [2.24, 2.45) is 0 Å². The van der Waals surface area contributed by atoms with Crippen LogP contribution in [-0.4, -0.2) is 13.7 Å². The first-order chi connectivity index (χ1) is 5.61. The van der Waals surface area contributed by atoms with Crippen LogP contribution >= 0.6 is 0 Å². The molecule has 4 heteroatoms. The molecule has 1 N–H and O–H groups in total. The zero-order chi connectivity index (χ0) is 9.14. The Morgan fingerprint density at radius 2 is 2.17 bits per heavy atom. The Kier molecular flexibility index (Phi) is 2.94. The number of aromatic nitrogens is 1. The van der Waals surface area contributed by atoms with Gasteiger partial charge in [0.25, 0.3) is 0 Å². The summed E-state index contributed by atoms with van der Waals surface area (Å²) in [5.74, 6) is 0.353. The highest BCUT2D eigenvalue weighted by Crippen LogP contribution is 2.12. The summed E-state index contributed by atoms with van der Waals surface area (Å²) < 4.78 is 19.2. The van der Waals surface area contributed by atoms with Crippen LogP contribution < -0.4 is 0 Å². The second-order valence-corrected chi connectivity index (χ2v) is 3.79. The van der Waals surface area contributed by atoms with Gasteiger partial charge in [-0.1, -0.05) is 13.8 Å². The SMILES string of the molecule is CC(C)c1ccc(S(=O)O)cn1. The van der Waals surface area contributed by atoms with Gasteiger partial charge in [-0.3, -0.25) is 4.98 Å². The minimum Gasteiger partial charge on any atom is -0.302 e. The molecule has 1 unspecified atom stereocenters. The maximum absolute atomic E-state index is 10.6. The highest BCUT2D eigenvalue weighted by molar-refractivity contribution is 7.79. The molecule has 0 aliphatic heterocycles. The molecule has 1 atom stereocenters. The fourth-order valence-electron chi connectivity index (χ4n) is 0.837. The Hall–Kier alpha value is -0.740. The van der Waals surface area contributed by atoms with E-state index in [4.69, 9.17) is 4.55 Å². The first-order valence-electron chi connectivity index (χ1n) is 3.68. The van der Waals surface area contributed by atoms with Crippen molar-refractivity contribution >= 4 is 11.1 Å². The van der Waals surface area contributed by atoms with Gasteiger partial charge < -0.3 is 4.55 Å². The lowest BCUT2D eigenvalue weighted by Crippen LogP contribution is -1.94. The molecule has 0 aliphatic rings. The monoisotopic (exact) mass is 185 g/mol. The van der Waals surface area contributed by atoms with E-state index in [0.717, 1.165) is 5.69 Å². The third-order valence-electron chi connectivity index (χ3n) is 1.55. The molecule has 0 spiro atoms. The van der Waals surface area contributed by atoms with Crippen LogP contribution in [0.1, 0.15) is 25.5 Å². The van der Waals surface area contributed by atoms with E-state index in [2.05, 4.69) is 4.98 Å². The molecule has 0 aliphatic carbocycles. The van der Waals surface area contributed by atoms with Crippen LogP contribution in [0.4, 0.5) is 0 Å². The van der Waals surface area contributed by atoms with Crippen molar-refractivity contribution in [3.8, 4) is 0 Å². The van der Waals surface area contributed by atoms with Gasteiger partial charge in [0.1, 0.15) is 0 Å². The lowest BCUT2D eigenvalue weighted by Gasteiger charge is -2.02. The summed E-state index contributed by atoms with van der Waals surface area (Å²) in [5.41, 5.74) is 0.934. The highest BCUT2D eigenvalue weighted by atomic mass is 32.2. The van der Waals surface area contributed by atoms with Crippen molar-refractivity contribution < 1.29 is 8.76 Å². The number of nitrogens with zero attached hydrogens (tertiary/aromatic N) is 1. The molecule has 66 valence electrons. The largest absolute Gasteiger partial charge is 0.302 e. The molecule has 0 fully saturated rings. The van der Waals surface area contributed by atoms with Crippen LogP contribution in [0.5, 0.6) is 0 Å². The van der Waals surface area contributed by atoms with Crippen LogP contribution in [0.15, 0.2) is 23.2 Å². The summed E-state index contributed by atoms with van der Waals surface area (Å²) in [6.07, 6.45) is 1.44. The minimum atomic E-state index is -1.91. The van der Waals surface area contributed by atoms with E-state index in [1.165, 1.54) is 6.20 Å². The summed E-state index contributed by atoms with van der Waals surface area (Å²) in [6.45, 7) is 4.05. The summed E-state index contributed by atoms with van der Waals surface area (Å²) in [7, 11) is 0. The number of hydrogen-bond donors (Lipinski definition) is 1. The third-order valence-corrected chi connectivity index (χ3v) is 2.20. The lowest BCUT2D eigenvalue weighted by atomic mass is 10.1. The van der Waals surface area contributed by atoms with E-state index in [0.29, 0.717) is 10.8 Å². The molecule has 3 nitrogen and oxygen atoms in total. The van der Waals surface area contributed by atoms with Gasteiger partial charge in [0, 0.05) is 11.9 Å². The molecule has 0 bridgehead atoms. The predicted molar refractivity (Wildman–Crippen MR) is 47.4 cm³/mol. The van der Waals surface area contributed by atoms with E-state index in [1.54, 1.807) is 12.1 Å². The average molecular weight is 185 g/mol. The van der Waals surface area contributed by atoms with E-state index in [-0.39, 0.29) is 0 Å². The van der Waals surface area contributed by atoms with Crippen molar-refractivity contribution in [2.75, 3.05) is 0 Å². The second-order valence-electron chi connectivity index (χ2n) is 2.82. The topological polar surface area (TPSA) is 50.2 Å². The minimum absolute atomic E-state index is 0.347. The fourth-order valence-corrected chi connectivity index (χ4v) is 1.16. The molecular weight excluding hydrogens is 174 g/mol. The van der Waals surface area contributed by atoms with Gasteiger partial charge in [-0.15, -0.1) is 0 Å². The molecule has 0 radical (unpaired) electrons. The predicted octanol–water partition coefficient (Wildman–Crippen LogP) is 1.79. The maximum atomic E-state index is 10.6. The third kappa shape index (κ3) is 2.12. The fraction of sp³-hybridized carbons (Fsp3) is 0.375. The van der Waals surface area contributed by atoms with Crippen molar-refractivity contribution in [3.63, 3.8) is 0 Å². The summed E-state index contributed by atoms with van der Waals surface area (Å²) in [6, 6.07) is 3.40. The molecule has 1 heterocycles. The number of pyridine rings is 1. The van der Waals surface area contributed by atoms with Crippen LogP contribution in [0.3, 0.4) is 0 Å². The summed E-state index contributed by atoms with van der Waals surface area (Å²) in [5, 5.41) is 0. The Balaban J connectivity index is 2.93. The van der Waals surface area contributed by atoms with Crippen molar-refractivity contribution in [1.29, 1.82) is 0 Å². The molecular formula is C8H11NO2S. The zero-order valence-corrected chi connectivity index (χ0v) is 7.84. The van der Waals surface area contributed by atoms with E-state index >= 15 is 0 Å². The first kappa shape index (κ1) is 9.35. The molecule has 12 heavy (non-hydrogen) atoms. The van der Waals surface area contributed by atoms with Gasteiger partial charge in [-0.2, -0.15) is 0 Å². The lowest BCUT2D eigenvalue weighted by molar-refractivity contribution is 0.563. The van der Waals surface area contributed by atoms with Crippen LogP contribution in [0.25, 0.3) is 0 Å². The Bertz CT molecular complexity index is 282. The normalized spacial score (nSPS) is 13.3. The number of rotatable bonds is 2. The van der Waals surface area contributed by atoms with Gasteiger partial charge in [-0.05, 0) is 18.1 Å². The van der Waals surface area contributed by atoms with Crippen molar-refractivity contribution in [1.82, 2.24) is 4.98 Å². The van der Waals surface area contributed by atoms with Gasteiger partial charge in [0.05, 0.1) is 4.90 Å². The molecule has 0 aromatic carbocycles. The standard InChI is InChI=1S/C8H11NO2S/c1-6(2)8-4-3-7(5-9-8)12(10)11/h3-6H,1-2H3,(H,10,11). The Morgan fingerprint density at radius 3 is 2.50 bits per heavy atom. The van der Waals surface area contributed by atoms with Crippen LogP contribution in [0, 0.1) is 0 Å². The summed E-state index contributed by atoms with van der Waals surface area (Å²) in [4.78, 5) is 4.39. The molecule has 1 rings (SSSR count). The van der Waals surface area contributed by atoms with E-state index in [1.807, 2.05) is 13.8 Å². The Morgan fingerprint density at radius 1 is 1.50 bits per heavy atom. The first-order valence-corrected chi connectivity index (χ1v) is 4.78. The van der Waals surface area contributed by atoms with Gasteiger partial charge >= 0.3 is 0 Å². The molecule has 0 amide bonds. The second kappa shape index (κ2) is 3.78. The summed E-state index contributed by atoms with van der Waals surface area (Å²) >= 11 is -1.91. The maximum Gasteiger partial charge on any atom is 0.188 e.